The molecule has 1 aliphatic heterocycles. The van der Waals surface area contributed by atoms with Gasteiger partial charge in [-0.15, -0.1) is 0 Å². The molecular formula is C11H12BrN. The number of halogens is 1. The molecular weight excluding hydrogens is 226 g/mol. The molecule has 0 unspecified atom stereocenters. The highest BCUT2D eigenvalue weighted by atomic mass is 79.9. The van der Waals surface area contributed by atoms with E-state index in [4.69, 9.17) is 0 Å². The van der Waals surface area contributed by atoms with Gasteiger partial charge in [0.25, 0.3) is 0 Å². The molecule has 2 rings (SSSR count). The van der Waals surface area contributed by atoms with Crippen molar-refractivity contribution in [1.29, 1.82) is 0 Å². The predicted octanol–water partition coefficient (Wildman–Crippen LogP) is 3.31. The second kappa shape index (κ2) is 3.54. The van der Waals surface area contributed by atoms with Crippen LogP contribution < -0.4 is 4.90 Å². The van der Waals surface area contributed by atoms with Crippen molar-refractivity contribution >= 4 is 21.6 Å². The normalized spacial score (nSPS) is 15.2. The van der Waals surface area contributed by atoms with Crippen LogP contribution in [0, 0.1) is 0 Å². The zero-order valence-corrected chi connectivity index (χ0v) is 9.21. The van der Waals surface area contributed by atoms with Crippen LogP contribution in [0.25, 0.3) is 0 Å². The number of fused-ring (bicyclic) bond motifs is 1. The van der Waals surface area contributed by atoms with Crippen LogP contribution in [0.3, 0.4) is 0 Å². The highest BCUT2D eigenvalue weighted by Gasteiger charge is 2.15. The van der Waals surface area contributed by atoms with Gasteiger partial charge in [0.15, 0.2) is 0 Å². The molecule has 13 heavy (non-hydrogen) atoms. The molecule has 2 heteroatoms. The van der Waals surface area contributed by atoms with Gasteiger partial charge < -0.3 is 4.90 Å². The van der Waals surface area contributed by atoms with Crippen LogP contribution in [0.2, 0.25) is 0 Å². The van der Waals surface area contributed by atoms with Crippen LogP contribution >= 0.6 is 15.9 Å². The van der Waals surface area contributed by atoms with E-state index < -0.39 is 0 Å². The predicted molar refractivity (Wildman–Crippen MR) is 60.2 cm³/mol. The Balaban J connectivity index is 2.46. The highest BCUT2D eigenvalue weighted by Crippen LogP contribution is 2.31. The second-order valence-corrected chi connectivity index (χ2v) is 3.92. The Kier molecular flexibility index (Phi) is 2.40. The van der Waals surface area contributed by atoms with Gasteiger partial charge in [-0.3, -0.25) is 0 Å². The summed E-state index contributed by atoms with van der Waals surface area (Å²) in [5, 5.41) is 0. The number of rotatable bonds is 1. The van der Waals surface area contributed by atoms with Gasteiger partial charge in [-0.2, -0.15) is 0 Å². The van der Waals surface area contributed by atoms with E-state index >= 15 is 0 Å². The maximum atomic E-state index is 3.57. The van der Waals surface area contributed by atoms with Gasteiger partial charge in [0, 0.05) is 12.2 Å². The van der Waals surface area contributed by atoms with Crippen molar-refractivity contribution in [3.05, 3.63) is 40.5 Å². The van der Waals surface area contributed by atoms with Crippen molar-refractivity contribution < 1.29 is 0 Å². The van der Waals surface area contributed by atoms with E-state index in [0.29, 0.717) is 0 Å². The Bertz CT molecular complexity index is 344. The molecule has 1 aromatic carbocycles. The number of hydrogen-bond donors (Lipinski definition) is 0. The third-order valence-corrected chi connectivity index (χ3v) is 3.10. The van der Waals surface area contributed by atoms with Crippen molar-refractivity contribution in [2.45, 2.75) is 13.3 Å². The SMILES string of the molecule is CCN1C(Br)=CCc2ccccc21. The van der Waals surface area contributed by atoms with Gasteiger partial charge >= 0.3 is 0 Å². The van der Waals surface area contributed by atoms with Gasteiger partial charge in [-0.1, -0.05) is 18.2 Å². The average Bonchev–Trinajstić information content (AvgIpc) is 2.18. The minimum absolute atomic E-state index is 1.01. The molecule has 68 valence electrons. The summed E-state index contributed by atoms with van der Waals surface area (Å²) in [5.41, 5.74) is 2.74. The lowest BCUT2D eigenvalue weighted by molar-refractivity contribution is 0.963. The second-order valence-electron chi connectivity index (χ2n) is 3.10. The van der Waals surface area contributed by atoms with Crippen molar-refractivity contribution in [3.63, 3.8) is 0 Å². The van der Waals surface area contributed by atoms with Crippen molar-refractivity contribution in [3.8, 4) is 0 Å². The highest BCUT2D eigenvalue weighted by molar-refractivity contribution is 9.11. The summed E-state index contributed by atoms with van der Waals surface area (Å²) in [6, 6.07) is 8.55. The quantitative estimate of drug-likeness (QED) is 0.678. The van der Waals surface area contributed by atoms with Gasteiger partial charge in [0.2, 0.25) is 0 Å². The summed E-state index contributed by atoms with van der Waals surface area (Å²) in [6.45, 7) is 3.17. The topological polar surface area (TPSA) is 3.24 Å². The summed E-state index contributed by atoms with van der Waals surface area (Å²) in [6.07, 6.45) is 3.25. The first-order valence-electron chi connectivity index (χ1n) is 4.54. The zero-order valence-electron chi connectivity index (χ0n) is 7.63. The molecule has 0 bridgehead atoms. The minimum Gasteiger partial charge on any atom is -0.336 e. The number of benzene rings is 1. The molecule has 0 amide bonds. The molecule has 0 fully saturated rings. The zero-order chi connectivity index (χ0) is 9.26. The molecule has 0 N–H and O–H groups in total. The Labute approximate surface area is 87.2 Å². The molecule has 1 nitrogen and oxygen atoms in total. The molecule has 1 aromatic rings. The van der Waals surface area contributed by atoms with Crippen LogP contribution in [0.4, 0.5) is 5.69 Å². The first-order valence-corrected chi connectivity index (χ1v) is 5.33. The molecule has 1 aliphatic rings. The minimum atomic E-state index is 1.01. The molecule has 0 aromatic heterocycles. The van der Waals surface area contributed by atoms with Gasteiger partial charge in [-0.25, -0.2) is 0 Å². The summed E-state index contributed by atoms with van der Waals surface area (Å²) < 4.78 is 1.19. The number of hydrogen-bond acceptors (Lipinski definition) is 1. The molecule has 0 atom stereocenters. The van der Waals surface area contributed by atoms with E-state index in [1.165, 1.54) is 15.9 Å². The molecule has 0 spiro atoms. The van der Waals surface area contributed by atoms with Crippen LogP contribution in [0.1, 0.15) is 12.5 Å². The lowest BCUT2D eigenvalue weighted by Gasteiger charge is -2.28. The molecule has 0 aliphatic carbocycles. The maximum absolute atomic E-state index is 3.57. The number of nitrogens with zero attached hydrogens (tertiary/aromatic N) is 1. The van der Waals surface area contributed by atoms with E-state index in [-0.39, 0.29) is 0 Å². The monoisotopic (exact) mass is 237 g/mol. The Morgan fingerprint density at radius 3 is 2.92 bits per heavy atom. The molecule has 0 saturated heterocycles. The van der Waals surface area contributed by atoms with Crippen LogP contribution in [0.5, 0.6) is 0 Å². The Morgan fingerprint density at radius 2 is 2.15 bits per heavy atom. The number of para-hydroxylation sites is 1. The Morgan fingerprint density at radius 1 is 1.38 bits per heavy atom. The van der Waals surface area contributed by atoms with Crippen LogP contribution in [-0.4, -0.2) is 6.54 Å². The van der Waals surface area contributed by atoms with Gasteiger partial charge in [-0.05, 0) is 47.0 Å². The summed E-state index contributed by atoms with van der Waals surface area (Å²) in [7, 11) is 0. The Hall–Kier alpha value is -0.760. The fourth-order valence-electron chi connectivity index (χ4n) is 1.69. The third-order valence-electron chi connectivity index (χ3n) is 2.35. The number of allylic oxidation sites excluding steroid dienone is 1. The van der Waals surface area contributed by atoms with E-state index in [1.807, 2.05) is 0 Å². The molecule has 0 radical (unpaired) electrons. The summed E-state index contributed by atoms with van der Waals surface area (Å²) in [4.78, 5) is 2.28. The lowest BCUT2D eigenvalue weighted by atomic mass is 10.1. The first-order chi connectivity index (χ1) is 6.33. The van der Waals surface area contributed by atoms with E-state index in [1.54, 1.807) is 0 Å². The molecule has 0 saturated carbocycles. The largest absolute Gasteiger partial charge is 0.336 e. The van der Waals surface area contributed by atoms with Crippen molar-refractivity contribution in [2.75, 3.05) is 11.4 Å². The summed E-state index contributed by atoms with van der Waals surface area (Å²) >= 11 is 3.57. The fraction of sp³-hybridized carbons (Fsp3) is 0.273. The first kappa shape index (κ1) is 8.82. The molecule has 1 heterocycles. The van der Waals surface area contributed by atoms with Crippen LogP contribution in [0.15, 0.2) is 34.9 Å². The van der Waals surface area contributed by atoms with Gasteiger partial charge in [0.05, 0.1) is 4.61 Å². The van der Waals surface area contributed by atoms with Crippen LogP contribution in [-0.2, 0) is 6.42 Å². The van der Waals surface area contributed by atoms with E-state index in [0.717, 1.165) is 13.0 Å². The van der Waals surface area contributed by atoms with Crippen molar-refractivity contribution in [2.24, 2.45) is 0 Å². The van der Waals surface area contributed by atoms with Crippen molar-refractivity contribution in [1.82, 2.24) is 0 Å². The smallest absolute Gasteiger partial charge is 0.0813 e. The maximum Gasteiger partial charge on any atom is 0.0813 e. The third kappa shape index (κ3) is 1.51. The summed E-state index contributed by atoms with van der Waals surface area (Å²) in [5.74, 6) is 0. The average molecular weight is 238 g/mol. The van der Waals surface area contributed by atoms with Gasteiger partial charge in [0.1, 0.15) is 0 Å². The number of anilines is 1. The lowest BCUT2D eigenvalue weighted by Crippen LogP contribution is -2.22. The standard InChI is InChI=1S/C11H12BrN/c1-2-13-10-6-4-3-5-9(10)7-8-11(13)12/h3-6,8H,2,7H2,1H3. The fourth-order valence-corrected chi connectivity index (χ4v) is 2.29. The van der Waals surface area contributed by atoms with E-state index in [9.17, 15) is 0 Å². The van der Waals surface area contributed by atoms with E-state index in [2.05, 4.69) is 58.1 Å².